The van der Waals surface area contributed by atoms with Crippen LogP contribution in [0, 0.1) is 13.8 Å². The molecule has 3 rings (SSSR count). The maximum absolute atomic E-state index is 13.1. The molecule has 1 aliphatic rings. The molecule has 128 valence electrons. The molecule has 5 nitrogen and oxygen atoms in total. The maximum Gasteiger partial charge on any atom is 0.230 e. The molecule has 1 N–H and O–H groups in total. The van der Waals surface area contributed by atoms with Crippen molar-refractivity contribution < 1.29 is 9.53 Å². The standard InChI is InChI=1S/C19H25N3O2/c1-12-10-22(11-17(24-12)16-8-6-5-7-9-16)19(23)13(2)18-14(3)20-21-15(18)4/h5-9,12-13,17H,10-11H2,1-4H3,(H,20,21). The van der Waals surface area contributed by atoms with E-state index in [4.69, 9.17) is 4.74 Å². The molecule has 1 aliphatic heterocycles. The van der Waals surface area contributed by atoms with Gasteiger partial charge in [-0.1, -0.05) is 30.3 Å². The Morgan fingerprint density at radius 2 is 2.00 bits per heavy atom. The Bertz CT molecular complexity index is 691. The summed E-state index contributed by atoms with van der Waals surface area (Å²) in [4.78, 5) is 15.0. The Morgan fingerprint density at radius 1 is 1.29 bits per heavy atom. The molecule has 5 heteroatoms. The van der Waals surface area contributed by atoms with Crippen molar-refractivity contribution in [2.75, 3.05) is 13.1 Å². The zero-order valence-electron chi connectivity index (χ0n) is 14.7. The normalized spacial score (nSPS) is 22.4. The molecule has 3 unspecified atom stereocenters. The molecule has 2 heterocycles. The third-order valence-electron chi connectivity index (χ3n) is 4.73. The lowest BCUT2D eigenvalue weighted by atomic mass is 9.96. The number of nitrogens with one attached hydrogen (secondary N) is 1. The van der Waals surface area contributed by atoms with Crippen LogP contribution in [0.15, 0.2) is 30.3 Å². The molecule has 0 saturated carbocycles. The highest BCUT2D eigenvalue weighted by atomic mass is 16.5. The molecule has 0 bridgehead atoms. The Morgan fingerprint density at radius 3 is 2.62 bits per heavy atom. The van der Waals surface area contributed by atoms with Crippen LogP contribution in [-0.2, 0) is 9.53 Å². The number of amides is 1. The van der Waals surface area contributed by atoms with Gasteiger partial charge in [0.1, 0.15) is 6.10 Å². The zero-order valence-corrected chi connectivity index (χ0v) is 14.7. The van der Waals surface area contributed by atoms with Crippen LogP contribution in [0.3, 0.4) is 0 Å². The Kier molecular flexibility index (Phi) is 4.71. The van der Waals surface area contributed by atoms with Crippen molar-refractivity contribution in [2.45, 2.75) is 45.8 Å². The van der Waals surface area contributed by atoms with Crippen molar-refractivity contribution in [1.29, 1.82) is 0 Å². The van der Waals surface area contributed by atoms with Gasteiger partial charge in [0.25, 0.3) is 0 Å². The van der Waals surface area contributed by atoms with E-state index in [9.17, 15) is 4.79 Å². The number of morpholine rings is 1. The van der Waals surface area contributed by atoms with Gasteiger partial charge in [-0.3, -0.25) is 9.89 Å². The fourth-order valence-corrected chi connectivity index (χ4v) is 3.58. The van der Waals surface area contributed by atoms with Gasteiger partial charge in [-0.05, 0) is 33.3 Å². The number of rotatable bonds is 3. The van der Waals surface area contributed by atoms with Gasteiger partial charge in [0.2, 0.25) is 5.91 Å². The molecule has 0 spiro atoms. The van der Waals surface area contributed by atoms with Gasteiger partial charge < -0.3 is 9.64 Å². The average molecular weight is 327 g/mol. The van der Waals surface area contributed by atoms with Crippen molar-refractivity contribution in [2.24, 2.45) is 0 Å². The van der Waals surface area contributed by atoms with E-state index in [1.54, 1.807) is 0 Å². The molecule has 0 radical (unpaired) electrons. The number of aromatic amines is 1. The van der Waals surface area contributed by atoms with Crippen molar-refractivity contribution in [3.8, 4) is 0 Å². The predicted octanol–water partition coefficient (Wildman–Crippen LogP) is 3.12. The number of hydrogen-bond donors (Lipinski definition) is 1. The van der Waals surface area contributed by atoms with Crippen LogP contribution in [0.4, 0.5) is 0 Å². The van der Waals surface area contributed by atoms with E-state index in [0.29, 0.717) is 13.1 Å². The van der Waals surface area contributed by atoms with Gasteiger partial charge in [0.15, 0.2) is 0 Å². The third kappa shape index (κ3) is 3.22. The minimum absolute atomic E-state index is 0.0200. The Labute approximate surface area is 143 Å². The van der Waals surface area contributed by atoms with E-state index < -0.39 is 0 Å². The van der Waals surface area contributed by atoms with E-state index >= 15 is 0 Å². The summed E-state index contributed by atoms with van der Waals surface area (Å²) in [5, 5.41) is 7.20. The predicted molar refractivity (Wildman–Crippen MR) is 92.8 cm³/mol. The van der Waals surface area contributed by atoms with Gasteiger partial charge in [-0.25, -0.2) is 0 Å². The Balaban J connectivity index is 1.79. The molecule has 24 heavy (non-hydrogen) atoms. The molecule has 3 atom stereocenters. The van der Waals surface area contributed by atoms with Crippen LogP contribution < -0.4 is 0 Å². The van der Waals surface area contributed by atoms with Crippen molar-refractivity contribution >= 4 is 5.91 Å². The molecule has 0 aliphatic carbocycles. The van der Waals surface area contributed by atoms with Crippen LogP contribution in [-0.4, -0.2) is 40.2 Å². The SMILES string of the molecule is Cc1n[nH]c(C)c1C(C)C(=O)N1CC(C)OC(c2ccccc2)C1. The molecule has 1 aromatic carbocycles. The van der Waals surface area contributed by atoms with E-state index in [1.807, 2.05) is 50.8 Å². The molecular formula is C19H25N3O2. The van der Waals surface area contributed by atoms with Crippen molar-refractivity contribution in [3.05, 3.63) is 52.8 Å². The van der Waals surface area contributed by atoms with Crippen LogP contribution in [0.2, 0.25) is 0 Å². The number of ether oxygens (including phenoxy) is 1. The third-order valence-corrected chi connectivity index (χ3v) is 4.73. The maximum atomic E-state index is 13.1. The lowest BCUT2D eigenvalue weighted by Crippen LogP contribution is -2.47. The number of aryl methyl sites for hydroxylation is 2. The van der Waals surface area contributed by atoms with E-state index in [0.717, 1.165) is 22.5 Å². The second-order valence-electron chi connectivity index (χ2n) is 6.66. The van der Waals surface area contributed by atoms with E-state index in [-0.39, 0.29) is 24.0 Å². The van der Waals surface area contributed by atoms with Gasteiger partial charge in [-0.2, -0.15) is 5.10 Å². The largest absolute Gasteiger partial charge is 0.367 e. The number of carbonyl (C=O) groups excluding carboxylic acids is 1. The summed E-state index contributed by atoms with van der Waals surface area (Å²) in [6, 6.07) is 10.1. The first-order valence-electron chi connectivity index (χ1n) is 8.48. The topological polar surface area (TPSA) is 58.2 Å². The van der Waals surface area contributed by atoms with E-state index in [1.165, 1.54) is 0 Å². The number of aromatic nitrogens is 2. The fraction of sp³-hybridized carbons (Fsp3) is 0.474. The Hall–Kier alpha value is -2.14. The van der Waals surface area contributed by atoms with Gasteiger partial charge in [-0.15, -0.1) is 0 Å². The van der Waals surface area contributed by atoms with Crippen molar-refractivity contribution in [1.82, 2.24) is 15.1 Å². The number of carbonyl (C=O) groups is 1. The van der Waals surface area contributed by atoms with E-state index in [2.05, 4.69) is 22.3 Å². The summed E-state index contributed by atoms with van der Waals surface area (Å²) < 4.78 is 6.06. The molecule has 1 amide bonds. The number of H-pyrrole nitrogens is 1. The highest BCUT2D eigenvalue weighted by Gasteiger charge is 2.33. The summed E-state index contributed by atoms with van der Waals surface area (Å²) in [7, 11) is 0. The molecule has 1 saturated heterocycles. The van der Waals surface area contributed by atoms with Crippen LogP contribution in [0.1, 0.15) is 48.4 Å². The quantitative estimate of drug-likeness (QED) is 0.942. The van der Waals surface area contributed by atoms with Crippen LogP contribution in [0.5, 0.6) is 0 Å². The van der Waals surface area contributed by atoms with Crippen molar-refractivity contribution in [3.63, 3.8) is 0 Å². The first-order chi connectivity index (χ1) is 11.5. The lowest BCUT2D eigenvalue weighted by Gasteiger charge is -2.38. The first kappa shape index (κ1) is 16.7. The van der Waals surface area contributed by atoms with Crippen LogP contribution >= 0.6 is 0 Å². The summed E-state index contributed by atoms with van der Waals surface area (Å²) in [5.41, 5.74) is 3.99. The molecule has 1 aromatic heterocycles. The summed E-state index contributed by atoms with van der Waals surface area (Å²) in [6.45, 7) is 9.11. The smallest absolute Gasteiger partial charge is 0.230 e. The summed E-state index contributed by atoms with van der Waals surface area (Å²) in [5.74, 6) is -0.0656. The molecule has 1 fully saturated rings. The number of hydrogen-bond acceptors (Lipinski definition) is 3. The number of nitrogens with zero attached hydrogens (tertiary/aromatic N) is 2. The molecular weight excluding hydrogens is 302 g/mol. The van der Waals surface area contributed by atoms with Gasteiger partial charge in [0, 0.05) is 17.8 Å². The average Bonchev–Trinajstić information content (AvgIpc) is 2.92. The zero-order chi connectivity index (χ0) is 17.3. The minimum atomic E-state index is -0.203. The second kappa shape index (κ2) is 6.77. The summed E-state index contributed by atoms with van der Waals surface area (Å²) >= 11 is 0. The highest BCUT2D eigenvalue weighted by molar-refractivity contribution is 5.84. The number of benzene rings is 1. The molecule has 2 aromatic rings. The van der Waals surface area contributed by atoms with Crippen LogP contribution in [0.25, 0.3) is 0 Å². The second-order valence-corrected chi connectivity index (χ2v) is 6.66. The van der Waals surface area contributed by atoms with Gasteiger partial charge in [0.05, 0.1) is 24.3 Å². The minimum Gasteiger partial charge on any atom is -0.367 e. The van der Waals surface area contributed by atoms with Gasteiger partial charge >= 0.3 is 0 Å². The monoisotopic (exact) mass is 327 g/mol. The lowest BCUT2D eigenvalue weighted by molar-refractivity contribution is -0.146. The first-order valence-corrected chi connectivity index (χ1v) is 8.48. The summed E-state index contributed by atoms with van der Waals surface area (Å²) in [6.07, 6.45) is -0.0516. The highest BCUT2D eigenvalue weighted by Crippen LogP contribution is 2.29. The fourth-order valence-electron chi connectivity index (χ4n) is 3.58.